The number of halogens is 2. The first-order valence-electron chi connectivity index (χ1n) is 5.03. The van der Waals surface area contributed by atoms with Crippen LogP contribution in [-0.4, -0.2) is 36.1 Å². The fourth-order valence-electron chi connectivity index (χ4n) is 1.06. The molecule has 104 valence electrons. The quantitative estimate of drug-likeness (QED) is 0.465. The summed E-state index contributed by atoms with van der Waals surface area (Å²) in [5, 5.41) is 10.8. The van der Waals surface area contributed by atoms with E-state index in [0.29, 0.717) is 13.0 Å². The van der Waals surface area contributed by atoms with Gasteiger partial charge in [0.1, 0.15) is 0 Å². The standard InChI is InChI=1S/C9H19N3O3.2ClH/c10-5-2-1-3-7(11)9(15)12-6-4-8(13)14;;/h7H,1-6,10-11H2,(H,12,15)(H,13,14);2*1H/t7-;;/m0../s1. The van der Waals surface area contributed by atoms with E-state index in [1.165, 1.54) is 0 Å². The van der Waals surface area contributed by atoms with Gasteiger partial charge >= 0.3 is 5.97 Å². The van der Waals surface area contributed by atoms with Gasteiger partial charge in [0, 0.05) is 6.54 Å². The molecule has 8 heteroatoms. The van der Waals surface area contributed by atoms with Crippen molar-refractivity contribution in [2.75, 3.05) is 13.1 Å². The molecule has 0 rings (SSSR count). The Morgan fingerprint density at radius 1 is 1.24 bits per heavy atom. The van der Waals surface area contributed by atoms with Crippen molar-refractivity contribution in [1.82, 2.24) is 5.32 Å². The second-order valence-electron chi connectivity index (χ2n) is 3.33. The number of aliphatic carboxylic acids is 1. The van der Waals surface area contributed by atoms with Crippen molar-refractivity contribution in [3.63, 3.8) is 0 Å². The highest BCUT2D eigenvalue weighted by molar-refractivity contribution is 5.85. The zero-order chi connectivity index (χ0) is 11.7. The Balaban J connectivity index is -0.000000980. The molecule has 0 aromatic rings. The third-order valence-corrected chi connectivity index (χ3v) is 1.94. The highest BCUT2D eigenvalue weighted by Gasteiger charge is 2.12. The van der Waals surface area contributed by atoms with Gasteiger partial charge in [-0.3, -0.25) is 9.59 Å². The predicted molar refractivity (Wildman–Crippen MR) is 70.6 cm³/mol. The first-order chi connectivity index (χ1) is 7.07. The van der Waals surface area contributed by atoms with E-state index in [1.807, 2.05) is 0 Å². The highest BCUT2D eigenvalue weighted by Crippen LogP contribution is 1.97. The lowest BCUT2D eigenvalue weighted by Crippen LogP contribution is -2.41. The molecule has 0 saturated carbocycles. The van der Waals surface area contributed by atoms with Gasteiger partial charge in [-0.05, 0) is 19.4 Å². The summed E-state index contributed by atoms with van der Waals surface area (Å²) in [6.45, 7) is 0.714. The van der Waals surface area contributed by atoms with Crippen LogP contribution in [0.25, 0.3) is 0 Å². The molecule has 0 spiro atoms. The van der Waals surface area contributed by atoms with Gasteiger partial charge < -0.3 is 21.9 Å². The van der Waals surface area contributed by atoms with E-state index < -0.39 is 12.0 Å². The van der Waals surface area contributed by atoms with E-state index in [-0.39, 0.29) is 43.7 Å². The van der Waals surface area contributed by atoms with Crippen molar-refractivity contribution < 1.29 is 14.7 Å². The third-order valence-electron chi connectivity index (χ3n) is 1.94. The maximum Gasteiger partial charge on any atom is 0.305 e. The number of carboxylic acid groups (broad SMARTS) is 1. The molecule has 0 aromatic heterocycles. The number of carbonyl (C=O) groups excluding carboxylic acids is 1. The molecule has 1 amide bonds. The number of rotatable bonds is 8. The second-order valence-corrected chi connectivity index (χ2v) is 3.33. The Labute approximate surface area is 113 Å². The minimum absolute atomic E-state index is 0. The molecule has 0 fully saturated rings. The Kier molecular flexibility index (Phi) is 17.2. The lowest BCUT2D eigenvalue weighted by molar-refractivity contribution is -0.136. The molecule has 1 atom stereocenters. The predicted octanol–water partition coefficient (Wildman–Crippen LogP) is -0.123. The summed E-state index contributed by atoms with van der Waals surface area (Å²) >= 11 is 0. The number of unbranched alkanes of at least 4 members (excludes halogenated alkanes) is 1. The van der Waals surface area contributed by atoms with Gasteiger partial charge in [-0.15, -0.1) is 24.8 Å². The van der Waals surface area contributed by atoms with Crippen molar-refractivity contribution in [3.8, 4) is 0 Å². The first kappa shape index (κ1) is 21.7. The Morgan fingerprint density at radius 2 is 1.82 bits per heavy atom. The Hall–Kier alpha value is -0.560. The molecule has 0 heterocycles. The zero-order valence-electron chi connectivity index (χ0n) is 9.55. The molecular weight excluding hydrogens is 269 g/mol. The fourth-order valence-corrected chi connectivity index (χ4v) is 1.06. The van der Waals surface area contributed by atoms with Crippen molar-refractivity contribution in [2.24, 2.45) is 11.5 Å². The maximum atomic E-state index is 11.3. The van der Waals surface area contributed by atoms with Crippen LogP contribution in [-0.2, 0) is 9.59 Å². The third kappa shape index (κ3) is 13.4. The van der Waals surface area contributed by atoms with Gasteiger partial charge in [0.15, 0.2) is 0 Å². The summed E-state index contributed by atoms with van der Waals surface area (Å²) in [7, 11) is 0. The summed E-state index contributed by atoms with van der Waals surface area (Å²) in [5.74, 6) is -1.24. The van der Waals surface area contributed by atoms with Crippen LogP contribution < -0.4 is 16.8 Å². The number of amides is 1. The molecule has 6 nitrogen and oxygen atoms in total. The normalized spacial score (nSPS) is 10.7. The molecular formula is C9H21Cl2N3O3. The molecule has 0 saturated heterocycles. The average molecular weight is 290 g/mol. The van der Waals surface area contributed by atoms with Gasteiger partial charge in [-0.25, -0.2) is 0 Å². The monoisotopic (exact) mass is 289 g/mol. The van der Waals surface area contributed by atoms with Gasteiger partial charge in [-0.2, -0.15) is 0 Å². The molecule has 0 aliphatic carbocycles. The van der Waals surface area contributed by atoms with E-state index in [9.17, 15) is 9.59 Å². The number of nitrogens with two attached hydrogens (primary N) is 2. The number of hydrogen-bond donors (Lipinski definition) is 4. The minimum atomic E-state index is -0.938. The molecule has 17 heavy (non-hydrogen) atoms. The smallest absolute Gasteiger partial charge is 0.305 e. The SMILES string of the molecule is Cl.Cl.NCCCC[C@H](N)C(=O)NCCC(=O)O. The van der Waals surface area contributed by atoms with E-state index in [2.05, 4.69) is 5.32 Å². The van der Waals surface area contributed by atoms with Gasteiger partial charge in [0.25, 0.3) is 0 Å². The molecule has 0 unspecified atom stereocenters. The molecule has 0 aliphatic heterocycles. The summed E-state index contributed by atoms with van der Waals surface area (Å²) in [6, 6.07) is -0.564. The van der Waals surface area contributed by atoms with Crippen LogP contribution in [0.2, 0.25) is 0 Å². The van der Waals surface area contributed by atoms with Crippen LogP contribution in [0.5, 0.6) is 0 Å². The van der Waals surface area contributed by atoms with E-state index in [0.717, 1.165) is 12.8 Å². The van der Waals surface area contributed by atoms with E-state index in [1.54, 1.807) is 0 Å². The molecule has 0 bridgehead atoms. The average Bonchev–Trinajstić information content (AvgIpc) is 2.17. The number of nitrogens with one attached hydrogen (secondary N) is 1. The fraction of sp³-hybridized carbons (Fsp3) is 0.778. The molecule has 0 aromatic carbocycles. The van der Waals surface area contributed by atoms with Crippen molar-refractivity contribution in [2.45, 2.75) is 31.7 Å². The van der Waals surface area contributed by atoms with Crippen LogP contribution in [0, 0.1) is 0 Å². The van der Waals surface area contributed by atoms with Gasteiger partial charge in [0.2, 0.25) is 5.91 Å². The van der Waals surface area contributed by atoms with Crippen molar-refractivity contribution in [1.29, 1.82) is 0 Å². The molecule has 0 radical (unpaired) electrons. The van der Waals surface area contributed by atoms with Crippen molar-refractivity contribution in [3.05, 3.63) is 0 Å². The lowest BCUT2D eigenvalue weighted by Gasteiger charge is -2.10. The Bertz CT molecular complexity index is 218. The minimum Gasteiger partial charge on any atom is -0.481 e. The number of hydrogen-bond acceptors (Lipinski definition) is 4. The summed E-state index contributed by atoms with van der Waals surface area (Å²) in [6.07, 6.45) is 2.15. The lowest BCUT2D eigenvalue weighted by atomic mass is 10.1. The molecule has 6 N–H and O–H groups in total. The van der Waals surface area contributed by atoms with Gasteiger partial charge in [-0.1, -0.05) is 6.42 Å². The second kappa shape index (κ2) is 13.5. The number of carbonyl (C=O) groups is 2. The first-order valence-corrected chi connectivity index (χ1v) is 5.03. The Morgan fingerprint density at radius 3 is 2.29 bits per heavy atom. The van der Waals surface area contributed by atoms with E-state index in [4.69, 9.17) is 16.6 Å². The topological polar surface area (TPSA) is 118 Å². The van der Waals surface area contributed by atoms with Gasteiger partial charge in [0.05, 0.1) is 12.5 Å². The zero-order valence-corrected chi connectivity index (χ0v) is 11.2. The van der Waals surface area contributed by atoms with Crippen LogP contribution in [0.3, 0.4) is 0 Å². The van der Waals surface area contributed by atoms with Crippen LogP contribution in [0.15, 0.2) is 0 Å². The van der Waals surface area contributed by atoms with E-state index >= 15 is 0 Å². The summed E-state index contributed by atoms with van der Waals surface area (Å²) in [5.41, 5.74) is 10.9. The maximum absolute atomic E-state index is 11.3. The molecule has 0 aliphatic rings. The number of carboxylic acids is 1. The summed E-state index contributed by atoms with van der Waals surface area (Å²) in [4.78, 5) is 21.4. The summed E-state index contributed by atoms with van der Waals surface area (Å²) < 4.78 is 0. The van der Waals surface area contributed by atoms with Crippen LogP contribution in [0.1, 0.15) is 25.7 Å². The van der Waals surface area contributed by atoms with Crippen LogP contribution >= 0.6 is 24.8 Å². The largest absolute Gasteiger partial charge is 0.481 e. The van der Waals surface area contributed by atoms with Crippen LogP contribution in [0.4, 0.5) is 0 Å². The van der Waals surface area contributed by atoms with Crippen molar-refractivity contribution >= 4 is 36.7 Å². The highest BCUT2D eigenvalue weighted by atomic mass is 35.5.